The lowest BCUT2D eigenvalue weighted by Gasteiger charge is -2.19. The van der Waals surface area contributed by atoms with Crippen molar-refractivity contribution in [1.82, 2.24) is 5.32 Å². The van der Waals surface area contributed by atoms with Crippen LogP contribution >= 0.6 is 0 Å². The molecule has 2 atom stereocenters. The molecule has 124 valence electrons. The highest BCUT2D eigenvalue weighted by atomic mass is 16.3. The van der Waals surface area contributed by atoms with Crippen LogP contribution in [0.2, 0.25) is 0 Å². The molecule has 0 heterocycles. The number of hydrogen-bond acceptors (Lipinski definition) is 3. The number of para-hydroxylation sites is 1. The Balaban J connectivity index is 1.63. The number of phenolic OH excluding ortho intramolecular Hbond substituents is 1. The van der Waals surface area contributed by atoms with E-state index < -0.39 is 6.10 Å². The number of aliphatic hydroxyl groups excluding tert-OH is 1. The first-order valence-corrected chi connectivity index (χ1v) is 8.31. The Labute approximate surface area is 142 Å². The third-order valence-electron chi connectivity index (χ3n) is 4.36. The Morgan fingerprint density at radius 2 is 1.62 bits per heavy atom. The third kappa shape index (κ3) is 3.75. The molecule has 24 heavy (non-hydrogen) atoms. The summed E-state index contributed by atoms with van der Waals surface area (Å²) in [7, 11) is 0. The van der Waals surface area contributed by atoms with Crippen LogP contribution in [0.15, 0.2) is 66.7 Å². The Hall–Kier alpha value is -2.36. The number of rotatable bonds is 6. The molecule has 3 aromatic rings. The van der Waals surface area contributed by atoms with E-state index in [2.05, 4.69) is 54.7 Å². The highest BCUT2D eigenvalue weighted by Crippen LogP contribution is 2.23. The van der Waals surface area contributed by atoms with E-state index in [0.717, 1.165) is 6.42 Å². The van der Waals surface area contributed by atoms with E-state index >= 15 is 0 Å². The predicted octanol–water partition coefficient (Wildman–Crippen LogP) is 3.80. The molecule has 3 nitrogen and oxygen atoms in total. The minimum atomic E-state index is -0.721. The lowest BCUT2D eigenvalue weighted by molar-refractivity contribution is 0.167. The van der Waals surface area contributed by atoms with Crippen molar-refractivity contribution in [3.8, 4) is 5.75 Å². The van der Waals surface area contributed by atoms with Gasteiger partial charge >= 0.3 is 0 Å². The van der Waals surface area contributed by atoms with Gasteiger partial charge in [-0.3, -0.25) is 0 Å². The fourth-order valence-corrected chi connectivity index (χ4v) is 3.06. The van der Waals surface area contributed by atoms with Crippen molar-refractivity contribution in [3.05, 3.63) is 77.9 Å². The first-order valence-electron chi connectivity index (χ1n) is 8.31. The van der Waals surface area contributed by atoms with Gasteiger partial charge in [-0.1, -0.05) is 60.7 Å². The monoisotopic (exact) mass is 321 g/mol. The van der Waals surface area contributed by atoms with Crippen LogP contribution < -0.4 is 5.32 Å². The van der Waals surface area contributed by atoms with Gasteiger partial charge in [-0.05, 0) is 35.7 Å². The van der Waals surface area contributed by atoms with Crippen LogP contribution in [0.1, 0.15) is 24.2 Å². The summed E-state index contributed by atoms with van der Waals surface area (Å²) in [4.78, 5) is 0. The maximum atomic E-state index is 10.3. The van der Waals surface area contributed by atoms with Gasteiger partial charge in [0.15, 0.2) is 0 Å². The van der Waals surface area contributed by atoms with Gasteiger partial charge in [0, 0.05) is 18.2 Å². The van der Waals surface area contributed by atoms with E-state index in [-0.39, 0.29) is 11.8 Å². The molecule has 0 fully saturated rings. The Bertz CT molecular complexity index is 810. The van der Waals surface area contributed by atoms with Crippen molar-refractivity contribution < 1.29 is 10.2 Å². The Morgan fingerprint density at radius 3 is 2.46 bits per heavy atom. The van der Waals surface area contributed by atoms with E-state index in [0.29, 0.717) is 12.1 Å². The summed E-state index contributed by atoms with van der Waals surface area (Å²) in [6, 6.07) is 21.9. The Morgan fingerprint density at radius 1 is 0.917 bits per heavy atom. The highest BCUT2D eigenvalue weighted by Gasteiger charge is 2.13. The standard InChI is InChI=1S/C21H23NO2/c1-15(22-14-21(24)19-11-4-5-12-20(19)23)13-17-9-6-8-16-7-2-3-10-18(16)17/h2-12,15,21-24H,13-14H2,1H3. The number of aromatic hydroxyl groups is 1. The minimum Gasteiger partial charge on any atom is -0.508 e. The number of fused-ring (bicyclic) bond motifs is 1. The summed E-state index contributed by atoms with van der Waals surface area (Å²) in [5.41, 5.74) is 1.85. The molecule has 0 saturated carbocycles. The molecule has 3 heteroatoms. The second kappa shape index (κ2) is 7.47. The molecule has 0 aromatic heterocycles. The van der Waals surface area contributed by atoms with Gasteiger partial charge in [0.05, 0.1) is 6.10 Å². The van der Waals surface area contributed by atoms with E-state index in [9.17, 15) is 10.2 Å². The Kier molecular flexibility index (Phi) is 5.14. The smallest absolute Gasteiger partial charge is 0.121 e. The van der Waals surface area contributed by atoms with Gasteiger partial charge < -0.3 is 15.5 Å². The molecule has 0 saturated heterocycles. The molecular formula is C21H23NO2. The van der Waals surface area contributed by atoms with E-state index in [1.165, 1.54) is 16.3 Å². The number of hydrogen-bond donors (Lipinski definition) is 3. The van der Waals surface area contributed by atoms with Crippen LogP contribution in [0.4, 0.5) is 0 Å². The van der Waals surface area contributed by atoms with E-state index in [4.69, 9.17) is 0 Å². The summed E-state index contributed by atoms with van der Waals surface area (Å²) < 4.78 is 0. The largest absolute Gasteiger partial charge is 0.508 e. The SMILES string of the molecule is CC(Cc1cccc2ccccc12)NCC(O)c1ccccc1O. The van der Waals surface area contributed by atoms with Crippen LogP contribution in [-0.4, -0.2) is 22.8 Å². The lowest BCUT2D eigenvalue weighted by atomic mass is 9.99. The van der Waals surface area contributed by atoms with Gasteiger partial charge in [-0.25, -0.2) is 0 Å². The average Bonchev–Trinajstić information content (AvgIpc) is 2.60. The van der Waals surface area contributed by atoms with Crippen LogP contribution in [0, 0.1) is 0 Å². The summed E-state index contributed by atoms with van der Waals surface area (Å²) in [5.74, 6) is 0.133. The average molecular weight is 321 g/mol. The van der Waals surface area contributed by atoms with Gasteiger partial charge in [0.1, 0.15) is 5.75 Å². The number of phenols is 1. The fraction of sp³-hybridized carbons (Fsp3) is 0.238. The normalized spacial score (nSPS) is 13.8. The van der Waals surface area contributed by atoms with Crippen molar-refractivity contribution in [1.29, 1.82) is 0 Å². The van der Waals surface area contributed by atoms with Crippen molar-refractivity contribution in [2.75, 3.05) is 6.54 Å². The van der Waals surface area contributed by atoms with Crippen molar-refractivity contribution >= 4 is 10.8 Å². The molecule has 0 aliphatic rings. The first-order chi connectivity index (χ1) is 11.6. The lowest BCUT2D eigenvalue weighted by Crippen LogP contribution is -2.32. The molecule has 0 spiro atoms. The summed E-state index contributed by atoms with van der Waals surface area (Å²) >= 11 is 0. The molecule has 2 unspecified atom stereocenters. The fourth-order valence-electron chi connectivity index (χ4n) is 3.06. The number of nitrogens with one attached hydrogen (secondary N) is 1. The predicted molar refractivity (Wildman–Crippen MR) is 98.2 cm³/mol. The van der Waals surface area contributed by atoms with Crippen molar-refractivity contribution in [2.24, 2.45) is 0 Å². The third-order valence-corrected chi connectivity index (χ3v) is 4.36. The van der Waals surface area contributed by atoms with E-state index in [1.807, 2.05) is 6.07 Å². The molecule has 0 aliphatic carbocycles. The first kappa shape index (κ1) is 16.5. The zero-order valence-corrected chi connectivity index (χ0v) is 13.8. The zero-order chi connectivity index (χ0) is 16.9. The van der Waals surface area contributed by atoms with Crippen molar-refractivity contribution in [2.45, 2.75) is 25.5 Å². The van der Waals surface area contributed by atoms with E-state index in [1.54, 1.807) is 18.2 Å². The van der Waals surface area contributed by atoms with Gasteiger partial charge in [0.25, 0.3) is 0 Å². The zero-order valence-electron chi connectivity index (χ0n) is 13.8. The second-order valence-electron chi connectivity index (χ2n) is 6.23. The van der Waals surface area contributed by atoms with Crippen LogP contribution in [0.5, 0.6) is 5.75 Å². The molecule has 0 bridgehead atoms. The second-order valence-corrected chi connectivity index (χ2v) is 6.23. The van der Waals surface area contributed by atoms with Gasteiger partial charge in [-0.2, -0.15) is 0 Å². The summed E-state index contributed by atoms with van der Waals surface area (Å²) in [5, 5.41) is 26.0. The van der Waals surface area contributed by atoms with Gasteiger partial charge in [-0.15, -0.1) is 0 Å². The maximum Gasteiger partial charge on any atom is 0.121 e. The highest BCUT2D eigenvalue weighted by molar-refractivity contribution is 5.85. The minimum absolute atomic E-state index is 0.133. The van der Waals surface area contributed by atoms with Crippen molar-refractivity contribution in [3.63, 3.8) is 0 Å². The molecular weight excluding hydrogens is 298 g/mol. The summed E-state index contributed by atoms with van der Waals surface area (Å²) in [6.45, 7) is 2.52. The molecule has 0 amide bonds. The maximum absolute atomic E-state index is 10.3. The van der Waals surface area contributed by atoms with Crippen LogP contribution in [0.3, 0.4) is 0 Å². The number of aliphatic hydroxyl groups is 1. The molecule has 0 radical (unpaired) electrons. The van der Waals surface area contributed by atoms with Crippen LogP contribution in [-0.2, 0) is 6.42 Å². The molecule has 3 aromatic carbocycles. The number of benzene rings is 3. The summed E-state index contributed by atoms with van der Waals surface area (Å²) in [6.07, 6.45) is 0.163. The molecule has 0 aliphatic heterocycles. The van der Waals surface area contributed by atoms with Crippen LogP contribution in [0.25, 0.3) is 10.8 Å². The van der Waals surface area contributed by atoms with Gasteiger partial charge in [0.2, 0.25) is 0 Å². The topological polar surface area (TPSA) is 52.5 Å². The molecule has 3 rings (SSSR count). The molecule has 3 N–H and O–H groups in total. The quantitative estimate of drug-likeness (QED) is 0.647.